The maximum Gasteiger partial charge on any atom is 0.166 e. The first kappa shape index (κ1) is 24.3. The molecule has 1 heterocycles. The summed E-state index contributed by atoms with van der Waals surface area (Å²) < 4.78 is 0. The van der Waals surface area contributed by atoms with E-state index in [2.05, 4.69) is 150 Å². The van der Waals surface area contributed by atoms with Crippen LogP contribution in [0.25, 0.3) is 32.7 Å². The molecule has 0 saturated heterocycles. The second-order valence-electron chi connectivity index (χ2n) is 10.6. The number of para-hydroxylation sites is 2. The Morgan fingerprint density at radius 1 is 0.405 bits per heavy atom. The molecule has 3 heteroatoms. The first-order valence-corrected chi connectivity index (χ1v) is 14.3. The van der Waals surface area contributed by atoms with Gasteiger partial charge in [-0.15, -0.1) is 0 Å². The first-order chi connectivity index (χ1) is 20.8. The fourth-order valence-electron chi connectivity index (χ4n) is 5.98. The van der Waals surface area contributed by atoms with Crippen LogP contribution >= 0.6 is 0 Å². The van der Waals surface area contributed by atoms with Crippen LogP contribution < -0.4 is 15.6 Å². The first-order valence-electron chi connectivity index (χ1n) is 14.3. The Morgan fingerprint density at radius 2 is 0.976 bits per heavy atom. The molecule has 1 atom stereocenters. The highest BCUT2D eigenvalue weighted by molar-refractivity contribution is 6.07. The van der Waals surface area contributed by atoms with Gasteiger partial charge in [0.1, 0.15) is 0 Å². The number of nitrogens with zero attached hydrogens (tertiary/aromatic N) is 3. The molecule has 0 bridgehead atoms. The van der Waals surface area contributed by atoms with E-state index in [1.54, 1.807) is 0 Å². The molecule has 0 aliphatic carbocycles. The molecule has 0 N–H and O–H groups in total. The van der Waals surface area contributed by atoms with Crippen molar-refractivity contribution in [3.05, 3.63) is 174 Å². The number of anilines is 3. The highest BCUT2D eigenvalue weighted by atomic mass is 15.1. The fraction of sp³-hybridized carbons (Fsp3) is 0.0256. The Balaban J connectivity index is 1.09. The summed E-state index contributed by atoms with van der Waals surface area (Å²) in [4.78, 5) is 12.3. The van der Waals surface area contributed by atoms with Gasteiger partial charge in [0, 0.05) is 22.4 Å². The normalized spacial score (nSPS) is 13.9. The largest absolute Gasteiger partial charge is 0.311 e. The van der Waals surface area contributed by atoms with Crippen LogP contribution in [0.1, 0.15) is 11.7 Å². The second kappa shape index (κ2) is 10.1. The molecule has 1 unspecified atom stereocenters. The number of rotatable bonds is 5. The highest BCUT2D eigenvalue weighted by Crippen LogP contribution is 2.35. The van der Waals surface area contributed by atoms with E-state index in [0.717, 1.165) is 38.7 Å². The lowest BCUT2D eigenvalue weighted by molar-refractivity contribution is 0.772. The molecule has 0 saturated carbocycles. The van der Waals surface area contributed by atoms with E-state index in [1.807, 2.05) is 12.1 Å². The summed E-state index contributed by atoms with van der Waals surface area (Å²) in [7, 11) is 0. The van der Waals surface area contributed by atoms with Gasteiger partial charge in [-0.1, -0.05) is 115 Å². The molecule has 3 nitrogen and oxygen atoms in total. The maximum absolute atomic E-state index is 5.08. The van der Waals surface area contributed by atoms with Crippen molar-refractivity contribution in [3.8, 4) is 11.1 Å². The topological polar surface area (TPSA) is 28.0 Å². The summed E-state index contributed by atoms with van der Waals surface area (Å²) in [6.45, 7) is 0. The summed E-state index contributed by atoms with van der Waals surface area (Å²) in [5.41, 5.74) is 6.82. The number of fused-ring (bicyclic) bond motifs is 5. The fourth-order valence-corrected chi connectivity index (χ4v) is 5.98. The molecule has 0 spiro atoms. The SMILES string of the molecule is c1ccc(N(c2ccccc2)c2ccc(-c3ccc(C4N=c5ccc6c(ccc7ccccc76)c5=N4)cc3)cc2)cc1. The van der Waals surface area contributed by atoms with Crippen molar-refractivity contribution < 1.29 is 0 Å². The zero-order valence-electron chi connectivity index (χ0n) is 22.9. The van der Waals surface area contributed by atoms with Crippen molar-refractivity contribution in [2.75, 3.05) is 4.90 Å². The Labute approximate surface area is 244 Å². The number of hydrogen-bond acceptors (Lipinski definition) is 3. The Kier molecular flexibility index (Phi) is 5.86. The quantitative estimate of drug-likeness (QED) is 0.201. The van der Waals surface area contributed by atoms with Gasteiger partial charge in [-0.25, -0.2) is 0 Å². The van der Waals surface area contributed by atoms with E-state index in [4.69, 9.17) is 9.98 Å². The minimum absolute atomic E-state index is 0.223. The van der Waals surface area contributed by atoms with Crippen LogP contribution in [0.5, 0.6) is 0 Å². The third-order valence-corrected chi connectivity index (χ3v) is 8.09. The predicted octanol–water partition coefficient (Wildman–Crippen LogP) is 9.08. The van der Waals surface area contributed by atoms with Crippen LogP contribution in [0.2, 0.25) is 0 Å². The van der Waals surface area contributed by atoms with Gasteiger partial charge in [-0.05, 0) is 75.3 Å². The molecule has 7 aromatic carbocycles. The van der Waals surface area contributed by atoms with E-state index in [-0.39, 0.29) is 6.17 Å². The Morgan fingerprint density at radius 3 is 1.67 bits per heavy atom. The molecule has 0 radical (unpaired) electrons. The molecule has 1 aliphatic heterocycles. The molecule has 7 aromatic rings. The molecular formula is C39H27N3. The van der Waals surface area contributed by atoms with Crippen LogP contribution in [-0.4, -0.2) is 0 Å². The van der Waals surface area contributed by atoms with Crippen molar-refractivity contribution in [1.82, 2.24) is 0 Å². The lowest BCUT2D eigenvalue weighted by atomic mass is 10.0. The summed E-state index contributed by atoms with van der Waals surface area (Å²) >= 11 is 0. The van der Waals surface area contributed by atoms with Gasteiger partial charge in [0.05, 0.1) is 10.7 Å². The molecule has 42 heavy (non-hydrogen) atoms. The third-order valence-electron chi connectivity index (χ3n) is 8.09. The van der Waals surface area contributed by atoms with E-state index >= 15 is 0 Å². The average Bonchev–Trinajstić information content (AvgIpc) is 3.51. The van der Waals surface area contributed by atoms with Crippen molar-refractivity contribution >= 4 is 38.6 Å². The summed E-state index contributed by atoms with van der Waals surface area (Å²) in [6.07, 6.45) is -0.223. The van der Waals surface area contributed by atoms with Gasteiger partial charge in [-0.3, -0.25) is 9.98 Å². The van der Waals surface area contributed by atoms with Crippen LogP contribution in [0.4, 0.5) is 17.1 Å². The smallest absolute Gasteiger partial charge is 0.166 e. The average molecular weight is 538 g/mol. The van der Waals surface area contributed by atoms with E-state index < -0.39 is 0 Å². The summed E-state index contributed by atoms with van der Waals surface area (Å²) in [6, 6.07) is 55.6. The number of hydrogen-bond donors (Lipinski definition) is 0. The zero-order chi connectivity index (χ0) is 27.9. The van der Waals surface area contributed by atoms with Gasteiger partial charge in [0.2, 0.25) is 0 Å². The molecule has 8 rings (SSSR count). The summed E-state index contributed by atoms with van der Waals surface area (Å²) in [5, 5.41) is 6.83. The van der Waals surface area contributed by atoms with Gasteiger partial charge in [0.25, 0.3) is 0 Å². The molecule has 0 fully saturated rings. The molecular weight excluding hydrogens is 510 g/mol. The van der Waals surface area contributed by atoms with Crippen molar-refractivity contribution in [2.45, 2.75) is 6.17 Å². The van der Waals surface area contributed by atoms with Gasteiger partial charge in [0.15, 0.2) is 6.17 Å². The standard InChI is InChI=1S/C39H27N3/c1-3-10-31(11-4-1)42(32-12-5-2-6-13-32)33-22-19-28(20-23-33)27-15-17-30(18-16-27)39-40-37-26-25-35-34-14-8-7-9-29(34)21-24-36(35)38(37)41-39/h1-26,39H. The van der Waals surface area contributed by atoms with Crippen molar-refractivity contribution in [2.24, 2.45) is 9.98 Å². The lowest BCUT2D eigenvalue weighted by Crippen LogP contribution is -2.21. The molecule has 198 valence electrons. The number of benzene rings is 7. The van der Waals surface area contributed by atoms with Gasteiger partial charge in [-0.2, -0.15) is 0 Å². The Hall–Kier alpha value is -5.54. The Bertz CT molecular complexity index is 2130. The minimum atomic E-state index is -0.223. The van der Waals surface area contributed by atoms with Crippen molar-refractivity contribution in [3.63, 3.8) is 0 Å². The highest BCUT2D eigenvalue weighted by Gasteiger charge is 2.16. The van der Waals surface area contributed by atoms with E-state index in [1.165, 1.54) is 27.3 Å². The van der Waals surface area contributed by atoms with E-state index in [0.29, 0.717) is 0 Å². The monoisotopic (exact) mass is 537 g/mol. The van der Waals surface area contributed by atoms with E-state index in [9.17, 15) is 0 Å². The maximum atomic E-state index is 5.08. The van der Waals surface area contributed by atoms with Crippen LogP contribution in [0.3, 0.4) is 0 Å². The van der Waals surface area contributed by atoms with Gasteiger partial charge < -0.3 is 4.90 Å². The molecule has 0 amide bonds. The van der Waals surface area contributed by atoms with Crippen LogP contribution in [-0.2, 0) is 0 Å². The lowest BCUT2D eigenvalue weighted by Gasteiger charge is -2.25. The van der Waals surface area contributed by atoms with Crippen LogP contribution in [0.15, 0.2) is 168 Å². The van der Waals surface area contributed by atoms with Crippen LogP contribution in [0, 0.1) is 0 Å². The van der Waals surface area contributed by atoms with Gasteiger partial charge >= 0.3 is 0 Å². The van der Waals surface area contributed by atoms with Crippen molar-refractivity contribution in [1.29, 1.82) is 0 Å². The second-order valence-corrected chi connectivity index (χ2v) is 10.6. The minimum Gasteiger partial charge on any atom is -0.311 e. The molecule has 0 aromatic heterocycles. The third kappa shape index (κ3) is 4.23. The summed E-state index contributed by atoms with van der Waals surface area (Å²) in [5.74, 6) is 0. The molecule has 1 aliphatic rings. The predicted molar refractivity (Wildman–Crippen MR) is 173 cm³/mol. The zero-order valence-corrected chi connectivity index (χ0v) is 22.9.